The highest BCUT2D eigenvalue weighted by Crippen LogP contribution is 2.23. The van der Waals surface area contributed by atoms with E-state index in [1.807, 2.05) is 0 Å². The minimum atomic E-state index is -0.910. The molecule has 0 amide bonds. The lowest BCUT2D eigenvalue weighted by atomic mass is 10.1. The molecule has 0 heterocycles. The first-order valence-electron chi connectivity index (χ1n) is 3.88. The Kier molecular flexibility index (Phi) is 3.34. The highest BCUT2D eigenvalue weighted by molar-refractivity contribution is 9.10. The molecule has 0 aliphatic rings. The van der Waals surface area contributed by atoms with E-state index in [0.717, 1.165) is 12.1 Å². The smallest absolute Gasteiger partial charge is 0.182 e. The Hall–Kier alpha value is -0.810. The zero-order chi connectivity index (χ0) is 10.9. The molecule has 14 heavy (non-hydrogen) atoms. The molecule has 5 heteroatoms. The molecule has 0 spiro atoms. The molecule has 1 aromatic carbocycles. The van der Waals surface area contributed by atoms with Gasteiger partial charge in [0.1, 0.15) is 5.82 Å². The lowest BCUT2D eigenvalue weighted by Gasteiger charge is -2.06. The third-order valence-corrected chi connectivity index (χ3v) is 2.44. The average Bonchev–Trinajstić information content (AvgIpc) is 2.13. The Morgan fingerprint density at radius 3 is 2.57 bits per heavy atom. The van der Waals surface area contributed by atoms with Crippen molar-refractivity contribution in [1.82, 2.24) is 0 Å². The fourth-order valence-electron chi connectivity index (χ4n) is 0.961. The molecule has 2 N–H and O–H groups in total. The minimum absolute atomic E-state index is 0.201. The molecule has 0 bridgehead atoms. The molecule has 1 unspecified atom stereocenters. The molecular formula is C9H8BrF2NO. The number of benzene rings is 1. The van der Waals surface area contributed by atoms with Gasteiger partial charge in [-0.05, 0) is 35.0 Å². The number of carbonyl (C=O) groups excluding carboxylic acids is 1. The van der Waals surface area contributed by atoms with E-state index < -0.39 is 23.5 Å². The van der Waals surface area contributed by atoms with E-state index in [1.165, 1.54) is 6.92 Å². The summed E-state index contributed by atoms with van der Waals surface area (Å²) in [5.74, 6) is -2.21. The summed E-state index contributed by atoms with van der Waals surface area (Å²) in [7, 11) is 0. The highest BCUT2D eigenvalue weighted by Gasteiger charge is 2.19. The first-order valence-corrected chi connectivity index (χ1v) is 4.67. The monoisotopic (exact) mass is 263 g/mol. The van der Waals surface area contributed by atoms with Crippen molar-refractivity contribution in [3.63, 3.8) is 0 Å². The third-order valence-electron chi connectivity index (χ3n) is 1.71. The molecule has 0 saturated heterocycles. The van der Waals surface area contributed by atoms with Crippen LogP contribution in [-0.2, 0) is 0 Å². The highest BCUT2D eigenvalue weighted by atomic mass is 79.9. The van der Waals surface area contributed by atoms with Crippen LogP contribution in [0.2, 0.25) is 0 Å². The fraction of sp³-hybridized carbons (Fsp3) is 0.222. The van der Waals surface area contributed by atoms with Gasteiger partial charge < -0.3 is 5.73 Å². The maximum atomic E-state index is 13.3. The van der Waals surface area contributed by atoms with Crippen molar-refractivity contribution < 1.29 is 13.6 Å². The quantitative estimate of drug-likeness (QED) is 0.657. The third kappa shape index (κ3) is 1.99. The molecule has 0 aliphatic heterocycles. The lowest BCUT2D eigenvalue weighted by Crippen LogP contribution is -2.27. The molecule has 0 aliphatic carbocycles. The Bertz CT molecular complexity index is 379. The summed E-state index contributed by atoms with van der Waals surface area (Å²) in [4.78, 5) is 11.3. The number of carbonyl (C=O) groups is 1. The summed E-state index contributed by atoms with van der Waals surface area (Å²) >= 11 is 2.70. The minimum Gasteiger partial charge on any atom is -0.321 e. The van der Waals surface area contributed by atoms with Crippen LogP contribution in [0.15, 0.2) is 16.6 Å². The van der Waals surface area contributed by atoms with E-state index in [0.29, 0.717) is 0 Å². The van der Waals surface area contributed by atoms with Gasteiger partial charge in [-0.1, -0.05) is 0 Å². The van der Waals surface area contributed by atoms with Gasteiger partial charge >= 0.3 is 0 Å². The van der Waals surface area contributed by atoms with E-state index in [2.05, 4.69) is 15.9 Å². The normalized spacial score (nSPS) is 12.6. The lowest BCUT2D eigenvalue weighted by molar-refractivity contribution is 0.0963. The molecule has 1 atom stereocenters. The van der Waals surface area contributed by atoms with Crippen LogP contribution in [-0.4, -0.2) is 11.8 Å². The number of halogens is 3. The van der Waals surface area contributed by atoms with Gasteiger partial charge in [-0.2, -0.15) is 0 Å². The zero-order valence-electron chi connectivity index (χ0n) is 7.35. The number of hydrogen-bond donors (Lipinski definition) is 1. The maximum absolute atomic E-state index is 13.3. The van der Waals surface area contributed by atoms with E-state index in [1.54, 1.807) is 0 Å². The molecule has 2 nitrogen and oxygen atoms in total. The predicted molar refractivity (Wildman–Crippen MR) is 52.0 cm³/mol. The first-order chi connectivity index (χ1) is 6.45. The molecule has 0 saturated carbocycles. The van der Waals surface area contributed by atoms with Crippen LogP contribution in [0.3, 0.4) is 0 Å². The Morgan fingerprint density at radius 2 is 2.07 bits per heavy atom. The number of hydrogen-bond acceptors (Lipinski definition) is 2. The van der Waals surface area contributed by atoms with Crippen LogP contribution < -0.4 is 5.73 Å². The molecule has 0 aromatic heterocycles. The molecule has 0 radical (unpaired) electrons. The fourth-order valence-corrected chi connectivity index (χ4v) is 1.31. The molecule has 1 rings (SSSR count). The van der Waals surface area contributed by atoms with Gasteiger partial charge in [0.05, 0.1) is 16.1 Å². The summed E-state index contributed by atoms with van der Waals surface area (Å²) < 4.78 is 25.8. The van der Waals surface area contributed by atoms with E-state index in [4.69, 9.17) is 5.73 Å². The van der Waals surface area contributed by atoms with Crippen molar-refractivity contribution in [2.75, 3.05) is 0 Å². The van der Waals surface area contributed by atoms with Crippen molar-refractivity contribution in [3.8, 4) is 0 Å². The summed E-state index contributed by atoms with van der Waals surface area (Å²) in [6.07, 6.45) is 0. The van der Waals surface area contributed by atoms with Gasteiger partial charge in [-0.25, -0.2) is 8.78 Å². The summed E-state index contributed by atoms with van der Waals surface area (Å²) in [5, 5.41) is 0. The standard InChI is InChI=1S/C9H8BrF2NO/c1-4(13)9(14)5-2-3-6(11)7(10)8(5)12/h2-4H,13H2,1H3. The van der Waals surface area contributed by atoms with Crippen LogP contribution in [0.4, 0.5) is 8.78 Å². The van der Waals surface area contributed by atoms with Crippen molar-refractivity contribution in [1.29, 1.82) is 0 Å². The van der Waals surface area contributed by atoms with Gasteiger partial charge in [0.15, 0.2) is 11.6 Å². The number of nitrogens with two attached hydrogens (primary N) is 1. The largest absolute Gasteiger partial charge is 0.321 e. The van der Waals surface area contributed by atoms with E-state index in [-0.39, 0.29) is 10.0 Å². The van der Waals surface area contributed by atoms with E-state index in [9.17, 15) is 13.6 Å². The van der Waals surface area contributed by atoms with Gasteiger partial charge in [0.2, 0.25) is 0 Å². The molecule has 0 fully saturated rings. The number of ketones is 1. The van der Waals surface area contributed by atoms with Crippen molar-refractivity contribution >= 4 is 21.7 Å². The average molecular weight is 264 g/mol. The van der Waals surface area contributed by atoms with Gasteiger partial charge in [0, 0.05) is 0 Å². The Labute approximate surface area is 88.2 Å². The SMILES string of the molecule is CC(N)C(=O)c1ccc(F)c(Br)c1F. The van der Waals surface area contributed by atoms with Crippen LogP contribution in [0.25, 0.3) is 0 Å². The summed E-state index contributed by atoms with van der Waals surface area (Å²) in [6, 6.07) is 1.30. The molecule has 1 aromatic rings. The number of rotatable bonds is 2. The molecular weight excluding hydrogens is 256 g/mol. The van der Waals surface area contributed by atoms with Crippen molar-refractivity contribution in [2.45, 2.75) is 13.0 Å². The van der Waals surface area contributed by atoms with Crippen molar-refractivity contribution in [3.05, 3.63) is 33.8 Å². The molecule has 76 valence electrons. The second-order valence-electron chi connectivity index (χ2n) is 2.88. The second kappa shape index (κ2) is 4.14. The van der Waals surface area contributed by atoms with Crippen LogP contribution in [0.5, 0.6) is 0 Å². The first kappa shape index (κ1) is 11.3. The summed E-state index contributed by atoms with van der Waals surface area (Å²) in [5.41, 5.74) is 5.10. The second-order valence-corrected chi connectivity index (χ2v) is 3.67. The van der Waals surface area contributed by atoms with Gasteiger partial charge in [-0.3, -0.25) is 4.79 Å². The van der Waals surface area contributed by atoms with E-state index >= 15 is 0 Å². The topological polar surface area (TPSA) is 43.1 Å². The Morgan fingerprint density at radius 1 is 1.50 bits per heavy atom. The van der Waals surface area contributed by atoms with Crippen LogP contribution >= 0.6 is 15.9 Å². The zero-order valence-corrected chi connectivity index (χ0v) is 8.94. The van der Waals surface area contributed by atoms with Crippen LogP contribution in [0.1, 0.15) is 17.3 Å². The van der Waals surface area contributed by atoms with Gasteiger partial charge in [-0.15, -0.1) is 0 Å². The number of Topliss-reactive ketones (excluding diaryl/α,β-unsaturated/α-hetero) is 1. The van der Waals surface area contributed by atoms with Gasteiger partial charge in [0.25, 0.3) is 0 Å². The summed E-state index contributed by atoms with van der Waals surface area (Å²) in [6.45, 7) is 1.44. The van der Waals surface area contributed by atoms with Crippen LogP contribution in [0, 0.1) is 11.6 Å². The Balaban J connectivity index is 3.24. The maximum Gasteiger partial charge on any atom is 0.182 e. The van der Waals surface area contributed by atoms with Crippen molar-refractivity contribution in [2.24, 2.45) is 5.73 Å². The predicted octanol–water partition coefficient (Wildman–Crippen LogP) is 2.26.